The Bertz CT molecular complexity index is 841. The molecule has 0 radical (unpaired) electrons. The van der Waals surface area contributed by atoms with Gasteiger partial charge in [0.2, 0.25) is 0 Å². The van der Waals surface area contributed by atoms with Gasteiger partial charge in [0.05, 0.1) is 19.4 Å². The van der Waals surface area contributed by atoms with E-state index in [0.29, 0.717) is 6.54 Å². The molecule has 2 heterocycles. The minimum atomic E-state index is -0.588. The first-order valence-electron chi connectivity index (χ1n) is 10.4. The average molecular weight is 412 g/mol. The first kappa shape index (κ1) is 20.3. The number of amides is 2. The van der Waals surface area contributed by atoms with E-state index in [2.05, 4.69) is 32.6 Å². The highest BCUT2D eigenvalue weighted by Gasteiger charge is 2.30. The van der Waals surface area contributed by atoms with E-state index in [1.807, 2.05) is 24.3 Å². The molecule has 2 amide bonds. The van der Waals surface area contributed by atoms with E-state index in [4.69, 9.17) is 9.15 Å². The molecule has 30 heavy (non-hydrogen) atoms. The average Bonchev–Trinajstić information content (AvgIpc) is 3.43. The Morgan fingerprint density at radius 2 is 1.83 bits per heavy atom. The Balaban J connectivity index is 1.35. The van der Waals surface area contributed by atoms with E-state index < -0.39 is 11.8 Å². The van der Waals surface area contributed by atoms with Crippen LogP contribution in [-0.2, 0) is 9.59 Å². The molecule has 2 N–H and O–H groups in total. The normalized spacial score (nSPS) is 18.0. The number of ether oxygens (including phenoxy) is 1. The molecular weight excluding hydrogens is 384 g/mol. The zero-order valence-corrected chi connectivity index (χ0v) is 17.2. The predicted molar refractivity (Wildman–Crippen MR) is 112 cm³/mol. The largest absolute Gasteiger partial charge is 0.497 e. The van der Waals surface area contributed by atoms with Gasteiger partial charge in [-0.3, -0.25) is 14.5 Å². The van der Waals surface area contributed by atoms with Crippen LogP contribution in [0, 0.1) is 0 Å². The molecule has 4 rings (SSSR count). The van der Waals surface area contributed by atoms with Crippen molar-refractivity contribution in [1.82, 2.24) is 15.5 Å². The number of hydrogen-bond donors (Lipinski definition) is 2. The fourth-order valence-electron chi connectivity index (χ4n) is 3.72. The lowest BCUT2D eigenvalue weighted by molar-refractivity contribution is -0.139. The number of nitrogens with one attached hydrogen (secondary N) is 2. The highest BCUT2D eigenvalue weighted by atomic mass is 16.5. The van der Waals surface area contributed by atoms with Crippen LogP contribution >= 0.6 is 0 Å². The molecule has 2 fully saturated rings. The van der Waals surface area contributed by atoms with Crippen LogP contribution in [0.1, 0.15) is 24.6 Å². The van der Waals surface area contributed by atoms with E-state index in [1.54, 1.807) is 13.4 Å². The second kappa shape index (κ2) is 9.21. The van der Waals surface area contributed by atoms with Gasteiger partial charge >= 0.3 is 11.8 Å². The number of hydrogen-bond acceptors (Lipinski definition) is 6. The Morgan fingerprint density at radius 1 is 1.10 bits per heavy atom. The fraction of sp³-hybridized carbons (Fsp3) is 0.455. The number of carbonyl (C=O) groups is 2. The predicted octanol–water partition coefficient (Wildman–Crippen LogP) is 1.55. The van der Waals surface area contributed by atoms with Gasteiger partial charge in [0.25, 0.3) is 0 Å². The number of anilines is 1. The zero-order valence-electron chi connectivity index (χ0n) is 17.2. The second-order valence-electron chi connectivity index (χ2n) is 7.71. The molecule has 1 saturated heterocycles. The third-order valence-electron chi connectivity index (χ3n) is 5.64. The van der Waals surface area contributed by atoms with Crippen LogP contribution in [0.5, 0.6) is 5.75 Å². The van der Waals surface area contributed by atoms with Gasteiger partial charge < -0.3 is 24.7 Å². The number of rotatable bonds is 7. The lowest BCUT2D eigenvalue weighted by Gasteiger charge is -2.39. The molecule has 2 aliphatic rings. The van der Waals surface area contributed by atoms with E-state index >= 15 is 0 Å². The van der Waals surface area contributed by atoms with Gasteiger partial charge in [0.15, 0.2) is 0 Å². The van der Waals surface area contributed by atoms with Crippen molar-refractivity contribution in [3.8, 4) is 5.75 Å². The molecule has 0 unspecified atom stereocenters. The summed E-state index contributed by atoms with van der Waals surface area (Å²) in [7, 11) is 1.66. The smallest absolute Gasteiger partial charge is 0.309 e. The molecule has 8 nitrogen and oxygen atoms in total. The Labute approximate surface area is 176 Å². The number of furan rings is 1. The third-order valence-corrected chi connectivity index (χ3v) is 5.64. The van der Waals surface area contributed by atoms with Crippen LogP contribution in [0.3, 0.4) is 0 Å². The van der Waals surface area contributed by atoms with Crippen LogP contribution in [0.4, 0.5) is 5.69 Å². The molecule has 2 aromatic rings. The molecular formula is C22H28N4O4. The summed E-state index contributed by atoms with van der Waals surface area (Å²) in [6.45, 7) is 3.69. The Morgan fingerprint density at radius 3 is 2.43 bits per heavy atom. The van der Waals surface area contributed by atoms with Gasteiger partial charge in [-0.25, -0.2) is 0 Å². The minimum absolute atomic E-state index is 0.115. The van der Waals surface area contributed by atoms with E-state index in [-0.39, 0.29) is 12.1 Å². The number of piperazine rings is 1. The summed E-state index contributed by atoms with van der Waals surface area (Å²) in [6, 6.07) is 11.9. The standard InChI is InChI=1S/C22H28N4O4/c1-29-18-8-6-17(7-9-18)25-10-12-26(13-11-25)19(20-3-2-14-30-20)15-23-21(27)22(28)24-16-4-5-16/h2-3,6-9,14,16,19H,4-5,10-13,15H2,1H3,(H,23,27)(H,24,28)/t19-/m0/s1. The van der Waals surface area contributed by atoms with E-state index in [0.717, 1.165) is 56.2 Å². The molecule has 1 atom stereocenters. The topological polar surface area (TPSA) is 87.0 Å². The number of methoxy groups -OCH3 is 1. The zero-order chi connectivity index (χ0) is 20.9. The lowest BCUT2D eigenvalue weighted by Crippen LogP contribution is -2.50. The second-order valence-corrected chi connectivity index (χ2v) is 7.71. The van der Waals surface area contributed by atoms with Crippen LogP contribution in [0.2, 0.25) is 0 Å². The number of benzene rings is 1. The van der Waals surface area contributed by atoms with Crippen molar-refractivity contribution in [3.05, 3.63) is 48.4 Å². The fourth-order valence-corrected chi connectivity index (χ4v) is 3.72. The van der Waals surface area contributed by atoms with Gasteiger partial charge in [-0.2, -0.15) is 0 Å². The molecule has 1 aliphatic heterocycles. The maximum Gasteiger partial charge on any atom is 0.309 e. The van der Waals surface area contributed by atoms with Crippen LogP contribution in [0.25, 0.3) is 0 Å². The van der Waals surface area contributed by atoms with Crippen molar-refractivity contribution in [2.45, 2.75) is 24.9 Å². The van der Waals surface area contributed by atoms with Gasteiger partial charge in [-0.15, -0.1) is 0 Å². The summed E-state index contributed by atoms with van der Waals surface area (Å²) in [5.74, 6) is 0.489. The summed E-state index contributed by atoms with van der Waals surface area (Å²) >= 11 is 0. The van der Waals surface area contributed by atoms with Gasteiger partial charge in [-0.1, -0.05) is 0 Å². The monoisotopic (exact) mass is 412 g/mol. The van der Waals surface area contributed by atoms with Crippen LogP contribution in [0.15, 0.2) is 47.1 Å². The van der Waals surface area contributed by atoms with Crippen LogP contribution < -0.4 is 20.3 Å². The van der Waals surface area contributed by atoms with Gasteiger partial charge in [-0.05, 0) is 49.2 Å². The summed E-state index contributed by atoms with van der Waals surface area (Å²) in [6.07, 6.45) is 3.54. The number of carbonyl (C=O) groups excluding carboxylic acids is 2. The van der Waals surface area contributed by atoms with Crippen molar-refractivity contribution >= 4 is 17.5 Å². The summed E-state index contributed by atoms with van der Waals surface area (Å²) in [4.78, 5) is 28.7. The highest BCUT2D eigenvalue weighted by molar-refractivity contribution is 6.35. The molecule has 1 saturated carbocycles. The molecule has 1 aromatic carbocycles. The quantitative estimate of drug-likeness (QED) is 0.671. The highest BCUT2D eigenvalue weighted by Crippen LogP contribution is 2.25. The van der Waals surface area contributed by atoms with Crippen molar-refractivity contribution in [1.29, 1.82) is 0 Å². The molecule has 0 spiro atoms. The summed E-state index contributed by atoms with van der Waals surface area (Å²) in [5.41, 5.74) is 1.16. The maximum atomic E-state index is 12.2. The molecule has 1 aliphatic carbocycles. The third kappa shape index (κ3) is 4.94. The van der Waals surface area contributed by atoms with Crippen molar-refractivity contribution in [2.24, 2.45) is 0 Å². The van der Waals surface area contributed by atoms with E-state index in [1.165, 1.54) is 0 Å². The van der Waals surface area contributed by atoms with Crippen molar-refractivity contribution in [3.63, 3.8) is 0 Å². The SMILES string of the molecule is COc1ccc(N2CCN([C@@H](CNC(=O)C(=O)NC3CC3)c3ccco3)CC2)cc1. The van der Waals surface area contributed by atoms with Crippen molar-refractivity contribution in [2.75, 3.05) is 44.7 Å². The van der Waals surface area contributed by atoms with Crippen LogP contribution in [-0.4, -0.2) is 62.6 Å². The summed E-state index contributed by atoms with van der Waals surface area (Å²) < 4.78 is 10.9. The Hall–Kier alpha value is -3.00. The maximum absolute atomic E-state index is 12.2. The molecule has 160 valence electrons. The lowest BCUT2D eigenvalue weighted by atomic mass is 10.1. The van der Waals surface area contributed by atoms with E-state index in [9.17, 15) is 9.59 Å². The molecule has 8 heteroatoms. The minimum Gasteiger partial charge on any atom is -0.497 e. The van der Waals surface area contributed by atoms with Gasteiger partial charge in [0, 0.05) is 44.5 Å². The number of nitrogens with zero attached hydrogens (tertiary/aromatic N) is 2. The first-order chi connectivity index (χ1) is 14.6. The first-order valence-corrected chi connectivity index (χ1v) is 10.4. The Kier molecular flexibility index (Phi) is 6.23. The van der Waals surface area contributed by atoms with Gasteiger partial charge in [0.1, 0.15) is 11.5 Å². The summed E-state index contributed by atoms with van der Waals surface area (Å²) in [5, 5.41) is 5.50. The molecule has 1 aromatic heterocycles. The molecule has 0 bridgehead atoms. The van der Waals surface area contributed by atoms with Crippen molar-refractivity contribution < 1.29 is 18.7 Å².